The van der Waals surface area contributed by atoms with Gasteiger partial charge in [-0.3, -0.25) is 19.2 Å². The van der Waals surface area contributed by atoms with E-state index in [1.54, 1.807) is 17.1 Å². The van der Waals surface area contributed by atoms with Crippen LogP contribution in [0, 0.1) is 0 Å². The molecular formula is C18H22ClN5O2. The average molecular weight is 376 g/mol. The van der Waals surface area contributed by atoms with Crippen LogP contribution < -0.4 is 11.1 Å². The SMILES string of the molecule is NC(=O)CN1CCC(NC(=O)c2cnn(Cc3ccccc3Cl)c2)CC1. The Labute approximate surface area is 157 Å². The molecule has 138 valence electrons. The molecule has 1 aromatic heterocycles. The lowest BCUT2D eigenvalue weighted by molar-refractivity contribution is -0.119. The van der Waals surface area contributed by atoms with Crippen LogP contribution in [0.5, 0.6) is 0 Å². The highest BCUT2D eigenvalue weighted by Crippen LogP contribution is 2.16. The van der Waals surface area contributed by atoms with E-state index in [1.807, 2.05) is 29.2 Å². The van der Waals surface area contributed by atoms with E-state index < -0.39 is 0 Å². The highest BCUT2D eigenvalue weighted by molar-refractivity contribution is 6.31. The fraction of sp³-hybridized carbons (Fsp3) is 0.389. The van der Waals surface area contributed by atoms with Crippen molar-refractivity contribution in [2.75, 3.05) is 19.6 Å². The van der Waals surface area contributed by atoms with Gasteiger partial charge in [0.1, 0.15) is 0 Å². The van der Waals surface area contributed by atoms with Gasteiger partial charge in [0.15, 0.2) is 0 Å². The molecule has 0 atom stereocenters. The summed E-state index contributed by atoms with van der Waals surface area (Å²) in [4.78, 5) is 25.4. The number of aromatic nitrogens is 2. The number of rotatable bonds is 6. The number of likely N-dealkylation sites (tertiary alicyclic amines) is 1. The topological polar surface area (TPSA) is 93.2 Å². The van der Waals surface area contributed by atoms with Crippen molar-refractivity contribution < 1.29 is 9.59 Å². The van der Waals surface area contributed by atoms with Gasteiger partial charge >= 0.3 is 0 Å². The predicted octanol–water partition coefficient (Wildman–Crippen LogP) is 1.26. The number of halogens is 1. The maximum Gasteiger partial charge on any atom is 0.254 e. The minimum Gasteiger partial charge on any atom is -0.369 e. The van der Waals surface area contributed by atoms with Crippen molar-refractivity contribution >= 4 is 23.4 Å². The zero-order valence-electron chi connectivity index (χ0n) is 14.4. The van der Waals surface area contributed by atoms with Crippen molar-refractivity contribution in [3.63, 3.8) is 0 Å². The number of nitrogens with two attached hydrogens (primary N) is 1. The lowest BCUT2D eigenvalue weighted by atomic mass is 10.0. The Balaban J connectivity index is 1.52. The molecule has 0 spiro atoms. The molecule has 0 aliphatic carbocycles. The van der Waals surface area contributed by atoms with Crippen LogP contribution in [0.25, 0.3) is 0 Å². The molecule has 0 radical (unpaired) electrons. The van der Waals surface area contributed by atoms with Crippen LogP contribution in [0.3, 0.4) is 0 Å². The van der Waals surface area contributed by atoms with Crippen LogP contribution >= 0.6 is 11.6 Å². The third kappa shape index (κ3) is 4.83. The van der Waals surface area contributed by atoms with Gasteiger partial charge in [-0.05, 0) is 24.5 Å². The van der Waals surface area contributed by atoms with Crippen molar-refractivity contribution in [1.29, 1.82) is 0 Å². The smallest absolute Gasteiger partial charge is 0.254 e. The average Bonchev–Trinajstić information content (AvgIpc) is 3.07. The molecule has 1 aromatic carbocycles. The van der Waals surface area contributed by atoms with Gasteiger partial charge in [0.2, 0.25) is 5.91 Å². The molecule has 1 fully saturated rings. The number of amides is 2. The Kier molecular flexibility index (Phi) is 5.90. The van der Waals surface area contributed by atoms with E-state index in [4.69, 9.17) is 17.3 Å². The summed E-state index contributed by atoms with van der Waals surface area (Å²) < 4.78 is 1.70. The van der Waals surface area contributed by atoms with Crippen LogP contribution in [0.4, 0.5) is 0 Å². The van der Waals surface area contributed by atoms with Crippen molar-refractivity contribution in [3.8, 4) is 0 Å². The lowest BCUT2D eigenvalue weighted by Crippen LogP contribution is -2.46. The summed E-state index contributed by atoms with van der Waals surface area (Å²) in [5.41, 5.74) is 6.69. The van der Waals surface area contributed by atoms with Gasteiger partial charge in [0.25, 0.3) is 5.91 Å². The number of primary amides is 1. The molecule has 1 saturated heterocycles. The molecule has 3 rings (SSSR count). The van der Waals surface area contributed by atoms with E-state index in [9.17, 15) is 9.59 Å². The number of nitrogens with zero attached hydrogens (tertiary/aromatic N) is 3. The molecule has 2 aromatic rings. The largest absolute Gasteiger partial charge is 0.369 e. The Morgan fingerprint density at radius 3 is 2.69 bits per heavy atom. The summed E-state index contributed by atoms with van der Waals surface area (Å²) in [6, 6.07) is 7.66. The summed E-state index contributed by atoms with van der Waals surface area (Å²) in [7, 11) is 0. The normalized spacial score (nSPS) is 15.7. The quantitative estimate of drug-likeness (QED) is 0.795. The number of nitrogens with one attached hydrogen (secondary N) is 1. The number of piperidine rings is 1. The van der Waals surface area contributed by atoms with Crippen LogP contribution in [-0.2, 0) is 11.3 Å². The number of benzene rings is 1. The minimum atomic E-state index is -0.321. The van der Waals surface area contributed by atoms with E-state index in [0.717, 1.165) is 31.5 Å². The first-order valence-corrected chi connectivity index (χ1v) is 8.96. The van der Waals surface area contributed by atoms with Crippen molar-refractivity contribution in [1.82, 2.24) is 20.0 Å². The van der Waals surface area contributed by atoms with Crippen molar-refractivity contribution in [3.05, 3.63) is 52.8 Å². The van der Waals surface area contributed by atoms with E-state index in [-0.39, 0.29) is 24.4 Å². The first-order valence-electron chi connectivity index (χ1n) is 8.58. The standard InChI is InChI=1S/C18H22ClN5O2/c19-16-4-2-1-3-13(16)10-24-11-14(9-21-24)18(26)22-15-5-7-23(8-6-15)12-17(20)25/h1-4,9,11,15H,5-8,10,12H2,(H2,20,25)(H,22,26). The second-order valence-corrected chi connectivity index (χ2v) is 6.92. The van der Waals surface area contributed by atoms with Crippen LogP contribution in [0.2, 0.25) is 5.02 Å². The van der Waals surface area contributed by atoms with E-state index in [0.29, 0.717) is 17.1 Å². The zero-order chi connectivity index (χ0) is 18.5. The molecule has 0 bridgehead atoms. The van der Waals surface area contributed by atoms with E-state index in [2.05, 4.69) is 10.4 Å². The number of hydrogen-bond donors (Lipinski definition) is 2. The zero-order valence-corrected chi connectivity index (χ0v) is 15.2. The first-order chi connectivity index (χ1) is 12.5. The molecule has 8 heteroatoms. The van der Waals surface area contributed by atoms with Gasteiger partial charge in [-0.25, -0.2) is 0 Å². The van der Waals surface area contributed by atoms with Crippen molar-refractivity contribution in [2.45, 2.75) is 25.4 Å². The third-order valence-electron chi connectivity index (χ3n) is 4.49. The summed E-state index contributed by atoms with van der Waals surface area (Å²) >= 11 is 6.16. The van der Waals surface area contributed by atoms with Gasteiger partial charge in [0.05, 0.1) is 24.8 Å². The Morgan fingerprint density at radius 2 is 2.00 bits per heavy atom. The molecule has 2 amide bonds. The van der Waals surface area contributed by atoms with Crippen molar-refractivity contribution in [2.24, 2.45) is 5.73 Å². The minimum absolute atomic E-state index is 0.0959. The monoisotopic (exact) mass is 375 g/mol. The first kappa shape index (κ1) is 18.4. The maximum atomic E-state index is 12.4. The summed E-state index contributed by atoms with van der Waals surface area (Å²) in [5.74, 6) is -0.456. The second-order valence-electron chi connectivity index (χ2n) is 6.51. The fourth-order valence-electron chi connectivity index (χ4n) is 3.09. The number of hydrogen-bond acceptors (Lipinski definition) is 4. The van der Waals surface area contributed by atoms with Gasteiger partial charge in [0, 0.05) is 30.4 Å². The molecule has 1 aliphatic rings. The number of carbonyl (C=O) groups is 2. The van der Waals surface area contributed by atoms with Gasteiger partial charge in [-0.1, -0.05) is 29.8 Å². The van der Waals surface area contributed by atoms with E-state index >= 15 is 0 Å². The second kappa shape index (κ2) is 8.33. The van der Waals surface area contributed by atoms with Gasteiger partial charge in [-0.15, -0.1) is 0 Å². The molecule has 7 nitrogen and oxygen atoms in total. The molecule has 2 heterocycles. The summed E-state index contributed by atoms with van der Waals surface area (Å²) in [6.07, 6.45) is 4.88. The summed E-state index contributed by atoms with van der Waals surface area (Å²) in [6.45, 7) is 2.28. The highest BCUT2D eigenvalue weighted by Gasteiger charge is 2.22. The molecule has 26 heavy (non-hydrogen) atoms. The molecule has 1 aliphatic heterocycles. The molecule has 0 unspecified atom stereocenters. The van der Waals surface area contributed by atoms with Gasteiger partial charge in [-0.2, -0.15) is 5.10 Å². The van der Waals surface area contributed by atoms with Crippen LogP contribution in [0.15, 0.2) is 36.7 Å². The molecule has 3 N–H and O–H groups in total. The Bertz CT molecular complexity index is 783. The van der Waals surface area contributed by atoms with Crippen LogP contribution in [-0.4, -0.2) is 52.2 Å². The number of carbonyl (C=O) groups excluding carboxylic acids is 2. The maximum absolute atomic E-state index is 12.4. The predicted molar refractivity (Wildman–Crippen MR) is 98.9 cm³/mol. The van der Waals surface area contributed by atoms with Crippen LogP contribution in [0.1, 0.15) is 28.8 Å². The third-order valence-corrected chi connectivity index (χ3v) is 4.86. The Morgan fingerprint density at radius 1 is 1.27 bits per heavy atom. The molecular weight excluding hydrogens is 354 g/mol. The lowest BCUT2D eigenvalue weighted by Gasteiger charge is -2.31. The Hall–Kier alpha value is -2.38. The fourth-order valence-corrected chi connectivity index (χ4v) is 3.29. The molecule has 0 saturated carbocycles. The highest BCUT2D eigenvalue weighted by atomic mass is 35.5. The van der Waals surface area contributed by atoms with E-state index in [1.165, 1.54) is 0 Å². The van der Waals surface area contributed by atoms with Gasteiger partial charge < -0.3 is 11.1 Å². The summed E-state index contributed by atoms with van der Waals surface area (Å²) in [5, 5.41) is 7.96.